The molecule has 88 valence electrons. The lowest BCUT2D eigenvalue weighted by atomic mass is 10.2. The first-order valence-electron chi connectivity index (χ1n) is 5.14. The van der Waals surface area contributed by atoms with E-state index >= 15 is 0 Å². The number of halogens is 1. The fourth-order valence-electron chi connectivity index (χ4n) is 1.30. The summed E-state index contributed by atoms with van der Waals surface area (Å²) in [4.78, 5) is 8.17. The Morgan fingerprint density at radius 2 is 2.12 bits per heavy atom. The molecule has 0 fully saturated rings. The molecule has 2 rings (SSSR count). The van der Waals surface area contributed by atoms with E-state index in [-0.39, 0.29) is 0 Å². The van der Waals surface area contributed by atoms with Crippen molar-refractivity contribution in [2.45, 2.75) is 13.5 Å². The molecule has 2 aromatic rings. The number of nitrogens with zero attached hydrogens (tertiary/aromatic N) is 2. The van der Waals surface area contributed by atoms with Crippen molar-refractivity contribution in [2.24, 2.45) is 5.73 Å². The zero-order valence-corrected chi connectivity index (χ0v) is 10.1. The van der Waals surface area contributed by atoms with E-state index in [1.54, 1.807) is 12.3 Å². The highest BCUT2D eigenvalue weighted by molar-refractivity contribution is 6.32. The SMILES string of the molecule is Cc1ccc(Oc2cnc(CN)cn2)c(Cl)c1. The minimum absolute atomic E-state index is 0.360. The number of hydrogen-bond acceptors (Lipinski definition) is 4. The van der Waals surface area contributed by atoms with Gasteiger partial charge in [-0.15, -0.1) is 0 Å². The van der Waals surface area contributed by atoms with Crippen molar-refractivity contribution in [1.82, 2.24) is 9.97 Å². The third kappa shape index (κ3) is 2.93. The summed E-state index contributed by atoms with van der Waals surface area (Å²) in [6.45, 7) is 2.32. The molecule has 2 N–H and O–H groups in total. The van der Waals surface area contributed by atoms with Crippen molar-refractivity contribution in [3.8, 4) is 11.6 Å². The van der Waals surface area contributed by atoms with Gasteiger partial charge in [-0.05, 0) is 24.6 Å². The molecule has 5 heteroatoms. The smallest absolute Gasteiger partial charge is 0.237 e. The van der Waals surface area contributed by atoms with Crippen molar-refractivity contribution in [3.63, 3.8) is 0 Å². The predicted molar refractivity (Wildman–Crippen MR) is 66.2 cm³/mol. The standard InChI is InChI=1S/C12H12ClN3O/c1-8-2-3-11(10(13)4-8)17-12-7-15-9(5-14)6-16-12/h2-4,6-7H,5,14H2,1H3. The number of aromatic nitrogens is 2. The predicted octanol–water partition coefficient (Wildman–Crippen LogP) is 2.69. The first kappa shape index (κ1) is 11.8. The second-order valence-electron chi connectivity index (χ2n) is 3.59. The van der Waals surface area contributed by atoms with Gasteiger partial charge in [0.25, 0.3) is 0 Å². The normalized spacial score (nSPS) is 10.3. The van der Waals surface area contributed by atoms with Crippen LogP contribution in [-0.4, -0.2) is 9.97 Å². The van der Waals surface area contributed by atoms with Gasteiger partial charge in [-0.3, -0.25) is 4.98 Å². The van der Waals surface area contributed by atoms with Crippen molar-refractivity contribution in [2.75, 3.05) is 0 Å². The molecule has 0 aliphatic rings. The van der Waals surface area contributed by atoms with E-state index in [1.165, 1.54) is 6.20 Å². The molecule has 4 nitrogen and oxygen atoms in total. The van der Waals surface area contributed by atoms with E-state index in [0.29, 0.717) is 28.9 Å². The van der Waals surface area contributed by atoms with Crippen molar-refractivity contribution >= 4 is 11.6 Å². The van der Waals surface area contributed by atoms with Crippen molar-refractivity contribution < 1.29 is 4.74 Å². The van der Waals surface area contributed by atoms with Crippen LogP contribution in [0.15, 0.2) is 30.6 Å². The van der Waals surface area contributed by atoms with Crippen LogP contribution in [0.2, 0.25) is 5.02 Å². The van der Waals surface area contributed by atoms with Gasteiger partial charge in [-0.2, -0.15) is 0 Å². The van der Waals surface area contributed by atoms with Gasteiger partial charge in [0.2, 0.25) is 5.88 Å². The second-order valence-corrected chi connectivity index (χ2v) is 3.99. The number of hydrogen-bond donors (Lipinski definition) is 1. The van der Waals surface area contributed by atoms with Gasteiger partial charge in [-0.1, -0.05) is 17.7 Å². The van der Waals surface area contributed by atoms with Crippen LogP contribution in [0, 0.1) is 6.92 Å². The zero-order valence-electron chi connectivity index (χ0n) is 9.35. The molecule has 0 aliphatic carbocycles. The lowest BCUT2D eigenvalue weighted by Gasteiger charge is -2.07. The van der Waals surface area contributed by atoms with Crippen LogP contribution < -0.4 is 10.5 Å². The Bertz CT molecular complexity index is 514. The van der Waals surface area contributed by atoms with Crippen molar-refractivity contribution in [1.29, 1.82) is 0 Å². The number of ether oxygens (including phenoxy) is 1. The minimum atomic E-state index is 0.360. The molecule has 0 aliphatic heterocycles. The molecule has 0 atom stereocenters. The average molecular weight is 250 g/mol. The molecular weight excluding hydrogens is 238 g/mol. The summed E-state index contributed by atoms with van der Waals surface area (Å²) in [5.41, 5.74) is 7.22. The third-order valence-electron chi connectivity index (χ3n) is 2.19. The number of aryl methyl sites for hydroxylation is 1. The minimum Gasteiger partial charge on any atom is -0.436 e. The van der Waals surface area contributed by atoms with Crippen LogP contribution in [0.5, 0.6) is 11.6 Å². The topological polar surface area (TPSA) is 61.0 Å². The number of rotatable bonds is 3. The van der Waals surface area contributed by atoms with Gasteiger partial charge in [0.15, 0.2) is 0 Å². The summed E-state index contributed by atoms with van der Waals surface area (Å²) in [7, 11) is 0. The van der Waals surface area contributed by atoms with Gasteiger partial charge in [0.1, 0.15) is 5.75 Å². The van der Waals surface area contributed by atoms with Crippen LogP contribution in [0.25, 0.3) is 0 Å². The Morgan fingerprint density at radius 3 is 2.71 bits per heavy atom. The molecule has 0 unspecified atom stereocenters. The van der Waals surface area contributed by atoms with Gasteiger partial charge in [0, 0.05) is 6.54 Å². The molecule has 1 aromatic carbocycles. The highest BCUT2D eigenvalue weighted by Gasteiger charge is 2.04. The quantitative estimate of drug-likeness (QED) is 0.909. The fourth-order valence-corrected chi connectivity index (χ4v) is 1.58. The summed E-state index contributed by atoms with van der Waals surface area (Å²) < 4.78 is 5.52. The Kier molecular flexibility index (Phi) is 3.56. The molecule has 0 bridgehead atoms. The summed E-state index contributed by atoms with van der Waals surface area (Å²) >= 11 is 6.04. The maximum Gasteiger partial charge on any atom is 0.237 e. The highest BCUT2D eigenvalue weighted by atomic mass is 35.5. The highest BCUT2D eigenvalue weighted by Crippen LogP contribution is 2.28. The molecule has 0 saturated heterocycles. The van der Waals surface area contributed by atoms with E-state index in [0.717, 1.165) is 5.56 Å². The van der Waals surface area contributed by atoms with E-state index in [9.17, 15) is 0 Å². The van der Waals surface area contributed by atoms with Crippen LogP contribution in [-0.2, 0) is 6.54 Å². The Balaban J connectivity index is 2.19. The maximum atomic E-state index is 6.04. The fraction of sp³-hybridized carbons (Fsp3) is 0.167. The van der Waals surface area contributed by atoms with E-state index < -0.39 is 0 Å². The molecule has 0 amide bonds. The molecule has 0 radical (unpaired) electrons. The maximum absolute atomic E-state index is 6.04. The van der Waals surface area contributed by atoms with Crippen LogP contribution in [0.4, 0.5) is 0 Å². The number of nitrogens with two attached hydrogens (primary N) is 1. The molecule has 1 aromatic heterocycles. The lowest BCUT2D eigenvalue weighted by molar-refractivity contribution is 0.459. The van der Waals surface area contributed by atoms with E-state index in [1.807, 2.05) is 19.1 Å². The van der Waals surface area contributed by atoms with Gasteiger partial charge in [0.05, 0.1) is 23.1 Å². The monoisotopic (exact) mass is 249 g/mol. The first-order valence-corrected chi connectivity index (χ1v) is 5.52. The molecule has 0 spiro atoms. The Morgan fingerprint density at radius 1 is 1.29 bits per heavy atom. The van der Waals surface area contributed by atoms with Gasteiger partial charge < -0.3 is 10.5 Å². The lowest BCUT2D eigenvalue weighted by Crippen LogP contribution is -2.00. The van der Waals surface area contributed by atoms with Crippen LogP contribution in [0.1, 0.15) is 11.3 Å². The molecular formula is C12H12ClN3O. The van der Waals surface area contributed by atoms with E-state index in [4.69, 9.17) is 22.1 Å². The van der Waals surface area contributed by atoms with Crippen LogP contribution >= 0.6 is 11.6 Å². The largest absolute Gasteiger partial charge is 0.436 e. The zero-order chi connectivity index (χ0) is 12.3. The Hall–Kier alpha value is -1.65. The second kappa shape index (κ2) is 5.12. The summed E-state index contributed by atoms with van der Waals surface area (Å²) in [5, 5.41) is 0.551. The number of benzene rings is 1. The molecule has 17 heavy (non-hydrogen) atoms. The first-order chi connectivity index (χ1) is 8.19. The van der Waals surface area contributed by atoms with Gasteiger partial charge >= 0.3 is 0 Å². The average Bonchev–Trinajstić information content (AvgIpc) is 2.34. The summed E-state index contributed by atoms with van der Waals surface area (Å²) in [6.07, 6.45) is 3.11. The Labute approximate surface area is 104 Å². The molecule has 0 saturated carbocycles. The van der Waals surface area contributed by atoms with Crippen LogP contribution in [0.3, 0.4) is 0 Å². The van der Waals surface area contributed by atoms with E-state index in [2.05, 4.69) is 9.97 Å². The van der Waals surface area contributed by atoms with Gasteiger partial charge in [-0.25, -0.2) is 4.98 Å². The summed E-state index contributed by atoms with van der Waals surface area (Å²) in [5.74, 6) is 0.958. The molecule has 1 heterocycles. The third-order valence-corrected chi connectivity index (χ3v) is 2.49. The summed E-state index contributed by atoms with van der Waals surface area (Å²) in [6, 6.07) is 5.55. The van der Waals surface area contributed by atoms with Crippen molar-refractivity contribution in [3.05, 3.63) is 46.9 Å².